The number of pyridine rings is 1. The molecule has 0 spiro atoms. The number of hydrogen-bond acceptors (Lipinski definition) is 4. The minimum absolute atomic E-state index is 0.0324. The van der Waals surface area contributed by atoms with Crippen LogP contribution >= 0.6 is 0 Å². The Labute approximate surface area is 185 Å². The monoisotopic (exact) mass is 434 g/mol. The molecule has 1 fully saturated rings. The van der Waals surface area contributed by atoms with Crippen LogP contribution in [-0.2, 0) is 11.3 Å². The van der Waals surface area contributed by atoms with Crippen molar-refractivity contribution in [3.8, 4) is 11.1 Å². The zero-order valence-electron chi connectivity index (χ0n) is 18.6. The summed E-state index contributed by atoms with van der Waals surface area (Å²) in [4.78, 5) is 18.1. The summed E-state index contributed by atoms with van der Waals surface area (Å²) in [5.41, 5.74) is 3.57. The second-order valence-electron chi connectivity index (χ2n) is 8.92. The second kappa shape index (κ2) is 8.13. The van der Waals surface area contributed by atoms with Crippen LogP contribution in [0.3, 0.4) is 0 Å². The fourth-order valence-electron chi connectivity index (χ4n) is 5.09. The van der Waals surface area contributed by atoms with Gasteiger partial charge in [0.15, 0.2) is 5.65 Å². The first-order valence-electron chi connectivity index (χ1n) is 11.2. The van der Waals surface area contributed by atoms with Crippen LogP contribution in [0.25, 0.3) is 27.7 Å². The smallest absolute Gasteiger partial charge is 0.261 e. The van der Waals surface area contributed by atoms with E-state index in [2.05, 4.69) is 18.8 Å². The van der Waals surface area contributed by atoms with Gasteiger partial charge in [0.25, 0.3) is 5.56 Å². The lowest BCUT2D eigenvalue weighted by Crippen LogP contribution is -2.33. The number of methoxy groups -OCH3 is 1. The molecular formula is C25H27FN4O2. The van der Waals surface area contributed by atoms with Crippen LogP contribution in [0.15, 0.2) is 47.5 Å². The van der Waals surface area contributed by atoms with Crippen molar-refractivity contribution in [2.24, 2.45) is 11.8 Å². The minimum Gasteiger partial charge on any atom is -0.378 e. The molecule has 0 aliphatic heterocycles. The fraction of sp³-hybridized carbons (Fsp3) is 0.400. The average Bonchev–Trinajstić information content (AvgIpc) is 3.15. The molecule has 0 radical (unpaired) electrons. The zero-order chi connectivity index (χ0) is 22.4. The van der Waals surface area contributed by atoms with Crippen LogP contribution in [0.1, 0.15) is 44.8 Å². The van der Waals surface area contributed by atoms with Crippen molar-refractivity contribution in [3.63, 3.8) is 0 Å². The molecule has 0 unspecified atom stereocenters. The number of hydrogen-bond donors (Lipinski definition) is 0. The van der Waals surface area contributed by atoms with Crippen molar-refractivity contribution in [2.75, 3.05) is 7.11 Å². The third-order valence-electron chi connectivity index (χ3n) is 7.05. The van der Waals surface area contributed by atoms with Gasteiger partial charge in [-0.05, 0) is 42.0 Å². The molecule has 1 aliphatic rings. The molecule has 3 atom stereocenters. The van der Waals surface area contributed by atoms with Crippen molar-refractivity contribution in [2.45, 2.75) is 45.8 Å². The van der Waals surface area contributed by atoms with E-state index in [1.54, 1.807) is 30.0 Å². The third kappa shape index (κ3) is 3.32. The van der Waals surface area contributed by atoms with Crippen LogP contribution in [-0.4, -0.2) is 26.3 Å². The molecule has 6 nitrogen and oxygen atoms in total. The Morgan fingerprint density at radius 3 is 2.69 bits per heavy atom. The van der Waals surface area contributed by atoms with E-state index in [0.717, 1.165) is 24.0 Å². The van der Waals surface area contributed by atoms with Crippen LogP contribution < -0.4 is 5.56 Å². The maximum absolute atomic E-state index is 13.5. The van der Waals surface area contributed by atoms with Gasteiger partial charge >= 0.3 is 0 Å². The Morgan fingerprint density at radius 1 is 1.16 bits per heavy atom. The quantitative estimate of drug-likeness (QED) is 0.454. The molecule has 0 N–H and O–H groups in total. The summed E-state index contributed by atoms with van der Waals surface area (Å²) in [7, 11) is 1.61. The van der Waals surface area contributed by atoms with Crippen molar-refractivity contribution in [3.05, 3.63) is 64.6 Å². The molecule has 0 amide bonds. The molecule has 0 bridgehead atoms. The molecular weight excluding hydrogens is 407 g/mol. The van der Waals surface area contributed by atoms with Crippen molar-refractivity contribution in [1.29, 1.82) is 0 Å². The Hall–Kier alpha value is -3.06. The number of rotatable bonds is 4. The van der Waals surface area contributed by atoms with Crippen molar-refractivity contribution >= 4 is 16.6 Å². The molecule has 1 aliphatic carbocycles. The Balaban J connectivity index is 1.70. The van der Waals surface area contributed by atoms with Gasteiger partial charge in [-0.25, -0.2) is 13.9 Å². The van der Waals surface area contributed by atoms with Gasteiger partial charge in [-0.1, -0.05) is 38.8 Å². The van der Waals surface area contributed by atoms with E-state index in [9.17, 15) is 9.18 Å². The average molecular weight is 435 g/mol. The minimum atomic E-state index is -0.302. The zero-order valence-corrected chi connectivity index (χ0v) is 18.6. The Bertz CT molecular complexity index is 1340. The highest BCUT2D eigenvalue weighted by molar-refractivity contribution is 5.86. The highest BCUT2D eigenvalue weighted by Gasteiger charge is 2.29. The van der Waals surface area contributed by atoms with E-state index >= 15 is 0 Å². The van der Waals surface area contributed by atoms with Crippen LogP contribution in [0.4, 0.5) is 4.39 Å². The van der Waals surface area contributed by atoms with Gasteiger partial charge in [-0.15, -0.1) is 0 Å². The number of ether oxygens (including phenoxy) is 1. The van der Waals surface area contributed by atoms with Gasteiger partial charge in [0.05, 0.1) is 28.8 Å². The maximum Gasteiger partial charge on any atom is 0.261 e. The van der Waals surface area contributed by atoms with E-state index in [1.807, 2.05) is 16.8 Å². The number of nitrogens with zero attached hydrogens (tertiary/aromatic N) is 4. The highest BCUT2D eigenvalue weighted by Crippen LogP contribution is 2.37. The van der Waals surface area contributed by atoms with E-state index in [1.165, 1.54) is 18.6 Å². The standard InChI is InChI=1S/C25H27FN4O2/c1-15-5-4-6-21(16(15)2)29-12-11-22-19(25(29)31)13-27-24-23(17-7-9-18(26)10-8-17)20(14-32-3)28-30(22)24/h7-13,15-16,21H,4-6,14H2,1-3H3/t15-,16-,21-/m0/s1. The lowest BCUT2D eigenvalue weighted by molar-refractivity contribution is 0.181. The molecule has 3 aromatic heterocycles. The normalized spacial score (nSPS) is 21.4. The summed E-state index contributed by atoms with van der Waals surface area (Å²) < 4.78 is 22.4. The number of halogens is 1. The molecule has 166 valence electrons. The van der Waals surface area contributed by atoms with Crippen LogP contribution in [0, 0.1) is 17.7 Å². The first-order valence-corrected chi connectivity index (χ1v) is 11.2. The van der Waals surface area contributed by atoms with E-state index in [4.69, 9.17) is 9.84 Å². The van der Waals surface area contributed by atoms with Crippen molar-refractivity contribution in [1.82, 2.24) is 19.2 Å². The van der Waals surface area contributed by atoms with Gasteiger partial charge in [0.2, 0.25) is 0 Å². The molecule has 4 aromatic rings. The van der Waals surface area contributed by atoms with E-state index in [-0.39, 0.29) is 24.0 Å². The SMILES string of the molecule is COCc1nn2c(ncc3c(=O)n([C@H]4CCC[C@H](C)[C@@H]4C)ccc32)c1-c1ccc(F)cc1. The predicted molar refractivity (Wildman–Crippen MR) is 122 cm³/mol. The summed E-state index contributed by atoms with van der Waals surface area (Å²) in [6.45, 7) is 4.80. The lowest BCUT2D eigenvalue weighted by Gasteiger charge is -2.35. The summed E-state index contributed by atoms with van der Waals surface area (Å²) in [6.07, 6.45) is 6.91. The summed E-state index contributed by atoms with van der Waals surface area (Å²) in [5, 5.41) is 5.27. The van der Waals surface area contributed by atoms with Crippen molar-refractivity contribution < 1.29 is 9.13 Å². The fourth-order valence-corrected chi connectivity index (χ4v) is 5.09. The first kappa shape index (κ1) is 20.8. The van der Waals surface area contributed by atoms with Gasteiger partial charge in [-0.2, -0.15) is 5.10 Å². The highest BCUT2D eigenvalue weighted by atomic mass is 19.1. The second-order valence-corrected chi connectivity index (χ2v) is 8.92. The molecule has 1 saturated carbocycles. The van der Waals surface area contributed by atoms with Gasteiger partial charge < -0.3 is 9.30 Å². The Morgan fingerprint density at radius 2 is 1.94 bits per heavy atom. The van der Waals surface area contributed by atoms with E-state index in [0.29, 0.717) is 34.1 Å². The molecule has 5 rings (SSSR count). The van der Waals surface area contributed by atoms with Gasteiger partial charge in [0.1, 0.15) is 5.82 Å². The molecule has 1 aromatic carbocycles. The van der Waals surface area contributed by atoms with Gasteiger partial charge in [0, 0.05) is 25.5 Å². The van der Waals surface area contributed by atoms with E-state index < -0.39 is 0 Å². The third-order valence-corrected chi connectivity index (χ3v) is 7.05. The number of fused-ring (bicyclic) bond motifs is 3. The van der Waals surface area contributed by atoms with Crippen LogP contribution in [0.2, 0.25) is 0 Å². The predicted octanol–water partition coefficient (Wildman–Crippen LogP) is 4.99. The molecule has 0 saturated heterocycles. The summed E-state index contributed by atoms with van der Waals surface area (Å²) in [5.74, 6) is 0.736. The number of aromatic nitrogens is 4. The van der Waals surface area contributed by atoms with Crippen LogP contribution in [0.5, 0.6) is 0 Å². The number of benzene rings is 1. The van der Waals surface area contributed by atoms with Gasteiger partial charge in [-0.3, -0.25) is 4.79 Å². The molecule has 32 heavy (non-hydrogen) atoms. The Kier molecular flexibility index (Phi) is 5.29. The molecule has 7 heteroatoms. The topological polar surface area (TPSA) is 61.4 Å². The summed E-state index contributed by atoms with van der Waals surface area (Å²) >= 11 is 0. The molecule has 3 heterocycles. The largest absolute Gasteiger partial charge is 0.378 e. The summed E-state index contributed by atoms with van der Waals surface area (Å²) in [6, 6.07) is 8.41. The lowest BCUT2D eigenvalue weighted by atomic mass is 9.78. The first-order chi connectivity index (χ1) is 15.5. The maximum atomic E-state index is 13.5.